The van der Waals surface area contributed by atoms with Crippen LogP contribution in [0.3, 0.4) is 0 Å². The van der Waals surface area contributed by atoms with Crippen LogP contribution in [0.15, 0.2) is 24.3 Å². The number of hydrogen-bond donors (Lipinski definition) is 2. The number of ether oxygens (including phenoxy) is 1. The molecule has 1 aromatic carbocycles. The number of carboxylic acid groups (broad SMARTS) is 1. The van der Waals surface area contributed by atoms with E-state index in [-0.39, 0.29) is 5.91 Å². The first-order valence-electron chi connectivity index (χ1n) is 7.10. The Kier molecular flexibility index (Phi) is 4.21. The number of carbonyl (C=O) groups is 2. The summed E-state index contributed by atoms with van der Waals surface area (Å²) in [6.45, 7) is 6.50. The van der Waals surface area contributed by atoms with Crippen molar-refractivity contribution in [1.82, 2.24) is 5.32 Å². The molecular weight excluding hydrogens is 270 g/mol. The molecule has 2 N–H and O–H groups in total. The maximum absolute atomic E-state index is 12.1. The van der Waals surface area contributed by atoms with Crippen LogP contribution >= 0.6 is 0 Å². The van der Waals surface area contributed by atoms with Crippen LogP contribution in [0.4, 0.5) is 0 Å². The van der Waals surface area contributed by atoms with Crippen LogP contribution in [-0.4, -0.2) is 23.6 Å². The van der Waals surface area contributed by atoms with Gasteiger partial charge in [0.2, 0.25) is 5.91 Å². The predicted octanol–water partition coefficient (Wildman–Crippen LogP) is 2.06. The highest BCUT2D eigenvalue weighted by Gasteiger charge is 2.65. The van der Waals surface area contributed by atoms with Gasteiger partial charge in [0.25, 0.3) is 0 Å². The van der Waals surface area contributed by atoms with Gasteiger partial charge in [0.05, 0.1) is 18.4 Å². The molecule has 21 heavy (non-hydrogen) atoms. The summed E-state index contributed by atoms with van der Waals surface area (Å²) in [5, 5.41) is 11.9. The zero-order valence-electron chi connectivity index (χ0n) is 12.6. The van der Waals surface area contributed by atoms with Crippen molar-refractivity contribution in [3.8, 4) is 5.75 Å². The van der Waals surface area contributed by atoms with Crippen molar-refractivity contribution in [2.75, 3.05) is 6.61 Å². The van der Waals surface area contributed by atoms with Gasteiger partial charge in [0.1, 0.15) is 5.75 Å². The number of carboxylic acids is 1. The van der Waals surface area contributed by atoms with Crippen molar-refractivity contribution in [3.63, 3.8) is 0 Å². The monoisotopic (exact) mass is 291 g/mol. The fourth-order valence-electron chi connectivity index (χ4n) is 2.80. The van der Waals surface area contributed by atoms with Gasteiger partial charge in [-0.3, -0.25) is 9.59 Å². The second-order valence-electron chi connectivity index (χ2n) is 5.91. The van der Waals surface area contributed by atoms with Crippen molar-refractivity contribution in [2.24, 2.45) is 17.3 Å². The van der Waals surface area contributed by atoms with E-state index in [0.29, 0.717) is 13.2 Å². The van der Waals surface area contributed by atoms with Gasteiger partial charge in [-0.1, -0.05) is 26.0 Å². The fourth-order valence-corrected chi connectivity index (χ4v) is 2.80. The van der Waals surface area contributed by atoms with E-state index in [1.165, 1.54) is 0 Å². The van der Waals surface area contributed by atoms with Crippen LogP contribution < -0.4 is 10.1 Å². The molecule has 0 unspecified atom stereocenters. The van der Waals surface area contributed by atoms with E-state index in [2.05, 4.69) is 5.32 Å². The SMILES string of the molecule is CCOc1cccc(CNC(=O)[C@H]2[C@@H](C(=O)O)C2(C)C)c1. The molecule has 2 atom stereocenters. The number of hydrogen-bond acceptors (Lipinski definition) is 3. The van der Waals surface area contributed by atoms with Gasteiger partial charge in [-0.2, -0.15) is 0 Å². The zero-order chi connectivity index (χ0) is 15.6. The van der Waals surface area contributed by atoms with Gasteiger partial charge in [0, 0.05) is 6.54 Å². The average Bonchev–Trinajstić information content (AvgIpc) is 3.00. The van der Waals surface area contributed by atoms with E-state index in [9.17, 15) is 9.59 Å². The number of benzene rings is 1. The minimum Gasteiger partial charge on any atom is -0.494 e. The Morgan fingerprint density at radius 1 is 1.33 bits per heavy atom. The summed E-state index contributed by atoms with van der Waals surface area (Å²) in [6.07, 6.45) is 0. The van der Waals surface area contributed by atoms with Gasteiger partial charge < -0.3 is 15.2 Å². The summed E-state index contributed by atoms with van der Waals surface area (Å²) in [6, 6.07) is 7.50. The fraction of sp³-hybridized carbons (Fsp3) is 0.500. The highest BCUT2D eigenvalue weighted by molar-refractivity contribution is 5.91. The second kappa shape index (κ2) is 5.76. The third-order valence-corrected chi connectivity index (χ3v) is 4.05. The molecule has 114 valence electrons. The van der Waals surface area contributed by atoms with Crippen molar-refractivity contribution >= 4 is 11.9 Å². The highest BCUT2D eigenvalue weighted by Crippen LogP contribution is 2.58. The third-order valence-electron chi connectivity index (χ3n) is 4.05. The first-order chi connectivity index (χ1) is 9.87. The molecule has 1 amide bonds. The van der Waals surface area contributed by atoms with E-state index in [1.807, 2.05) is 45.0 Å². The minimum absolute atomic E-state index is 0.200. The molecule has 5 heteroatoms. The zero-order valence-corrected chi connectivity index (χ0v) is 12.6. The Hall–Kier alpha value is -2.04. The molecule has 1 saturated carbocycles. The molecule has 0 saturated heterocycles. The highest BCUT2D eigenvalue weighted by atomic mass is 16.5. The van der Waals surface area contributed by atoms with Gasteiger partial charge in [-0.15, -0.1) is 0 Å². The molecule has 1 aliphatic rings. The van der Waals surface area contributed by atoms with Crippen LogP contribution in [-0.2, 0) is 16.1 Å². The van der Waals surface area contributed by atoms with Gasteiger partial charge in [-0.05, 0) is 30.0 Å². The maximum Gasteiger partial charge on any atom is 0.307 e. The molecule has 5 nitrogen and oxygen atoms in total. The number of aliphatic carboxylic acids is 1. The molecule has 1 fully saturated rings. The Morgan fingerprint density at radius 3 is 2.62 bits per heavy atom. The summed E-state index contributed by atoms with van der Waals surface area (Å²) in [5.74, 6) is -1.38. The largest absolute Gasteiger partial charge is 0.494 e. The van der Waals surface area contributed by atoms with E-state index in [0.717, 1.165) is 11.3 Å². The van der Waals surface area contributed by atoms with Gasteiger partial charge >= 0.3 is 5.97 Å². The van der Waals surface area contributed by atoms with Crippen LogP contribution in [0.25, 0.3) is 0 Å². The van der Waals surface area contributed by atoms with Crippen molar-refractivity contribution < 1.29 is 19.4 Å². The summed E-state index contributed by atoms with van der Waals surface area (Å²) < 4.78 is 5.40. The Bertz CT molecular complexity index is 553. The van der Waals surface area contributed by atoms with E-state index in [1.54, 1.807) is 0 Å². The number of rotatable bonds is 6. The Labute approximate surface area is 124 Å². The van der Waals surface area contributed by atoms with Crippen LogP contribution in [0.1, 0.15) is 26.3 Å². The minimum atomic E-state index is -0.904. The number of amides is 1. The molecule has 2 rings (SSSR count). The molecular formula is C16H21NO4. The Balaban J connectivity index is 1.93. The smallest absolute Gasteiger partial charge is 0.307 e. The van der Waals surface area contributed by atoms with Crippen molar-refractivity contribution in [2.45, 2.75) is 27.3 Å². The van der Waals surface area contributed by atoms with Gasteiger partial charge in [-0.25, -0.2) is 0 Å². The van der Waals surface area contributed by atoms with Crippen molar-refractivity contribution in [3.05, 3.63) is 29.8 Å². The van der Waals surface area contributed by atoms with E-state index in [4.69, 9.17) is 9.84 Å². The van der Waals surface area contributed by atoms with E-state index >= 15 is 0 Å². The molecule has 0 bridgehead atoms. The lowest BCUT2D eigenvalue weighted by Gasteiger charge is -2.08. The Morgan fingerprint density at radius 2 is 2.05 bits per heavy atom. The van der Waals surface area contributed by atoms with Crippen LogP contribution in [0, 0.1) is 17.3 Å². The van der Waals surface area contributed by atoms with Crippen LogP contribution in [0.5, 0.6) is 5.75 Å². The standard InChI is InChI=1S/C16H21NO4/c1-4-21-11-7-5-6-10(8-11)9-17-14(18)12-13(15(19)20)16(12,2)3/h5-8,12-13H,4,9H2,1-3H3,(H,17,18)(H,19,20)/t12-,13+/m1/s1. The summed E-state index contributed by atoms with van der Waals surface area (Å²) in [4.78, 5) is 23.2. The van der Waals surface area contributed by atoms with Crippen LogP contribution in [0.2, 0.25) is 0 Å². The average molecular weight is 291 g/mol. The topological polar surface area (TPSA) is 75.6 Å². The molecule has 1 aromatic rings. The lowest BCUT2D eigenvalue weighted by molar-refractivity contribution is -0.140. The molecule has 0 spiro atoms. The molecule has 1 aliphatic carbocycles. The van der Waals surface area contributed by atoms with Crippen molar-refractivity contribution in [1.29, 1.82) is 0 Å². The summed E-state index contributed by atoms with van der Waals surface area (Å²) in [7, 11) is 0. The summed E-state index contributed by atoms with van der Waals surface area (Å²) in [5.41, 5.74) is 0.461. The number of carbonyl (C=O) groups excluding carboxylic acids is 1. The molecule has 0 radical (unpaired) electrons. The van der Waals surface area contributed by atoms with Gasteiger partial charge in [0.15, 0.2) is 0 Å². The second-order valence-corrected chi connectivity index (χ2v) is 5.91. The van der Waals surface area contributed by atoms with E-state index < -0.39 is 23.2 Å². The summed E-state index contributed by atoms with van der Waals surface area (Å²) >= 11 is 0. The molecule has 0 aromatic heterocycles. The molecule has 0 heterocycles. The third kappa shape index (κ3) is 3.17. The first kappa shape index (κ1) is 15.4. The lowest BCUT2D eigenvalue weighted by Crippen LogP contribution is -2.26. The lowest BCUT2D eigenvalue weighted by atomic mass is 10.1. The maximum atomic E-state index is 12.1. The first-order valence-corrected chi connectivity index (χ1v) is 7.10. The predicted molar refractivity (Wildman–Crippen MR) is 77.9 cm³/mol. The number of nitrogens with one attached hydrogen (secondary N) is 1. The molecule has 0 aliphatic heterocycles. The quantitative estimate of drug-likeness (QED) is 0.841. The normalized spacial score (nSPS) is 22.4.